The van der Waals surface area contributed by atoms with Gasteiger partial charge in [0.2, 0.25) is 0 Å². The highest BCUT2D eigenvalue weighted by atomic mass is 35.5. The SMILES string of the molecule is COc1ccccc1-n1nc(-c2ccc(Cl)c(C(F)(F)F)c2)c2c1NCCCC2. The van der Waals surface area contributed by atoms with Crippen LogP contribution in [0.25, 0.3) is 16.9 Å². The van der Waals surface area contributed by atoms with Crippen molar-refractivity contribution in [2.24, 2.45) is 0 Å². The van der Waals surface area contributed by atoms with Crippen LogP contribution in [0.5, 0.6) is 5.75 Å². The lowest BCUT2D eigenvalue weighted by Gasteiger charge is -2.12. The minimum absolute atomic E-state index is 0.324. The second-order valence-electron chi connectivity index (χ2n) is 6.84. The van der Waals surface area contributed by atoms with Gasteiger partial charge in [0, 0.05) is 17.7 Å². The zero-order chi connectivity index (χ0) is 20.6. The van der Waals surface area contributed by atoms with E-state index in [-0.39, 0.29) is 5.02 Å². The molecule has 0 radical (unpaired) electrons. The van der Waals surface area contributed by atoms with Crippen LogP contribution in [0.15, 0.2) is 42.5 Å². The van der Waals surface area contributed by atoms with E-state index in [2.05, 4.69) is 5.32 Å². The second-order valence-corrected chi connectivity index (χ2v) is 7.24. The molecule has 1 aliphatic rings. The van der Waals surface area contributed by atoms with Crippen molar-refractivity contribution in [2.45, 2.75) is 25.4 Å². The van der Waals surface area contributed by atoms with Gasteiger partial charge in [0.15, 0.2) is 0 Å². The summed E-state index contributed by atoms with van der Waals surface area (Å²) < 4.78 is 47.3. The highest BCUT2D eigenvalue weighted by Crippen LogP contribution is 2.40. The van der Waals surface area contributed by atoms with Gasteiger partial charge in [0.25, 0.3) is 0 Å². The Morgan fingerprint density at radius 3 is 2.69 bits per heavy atom. The first kappa shape index (κ1) is 19.6. The van der Waals surface area contributed by atoms with Gasteiger partial charge in [-0.05, 0) is 43.5 Å². The van der Waals surface area contributed by atoms with Crippen LogP contribution in [-0.4, -0.2) is 23.4 Å². The van der Waals surface area contributed by atoms with Gasteiger partial charge in [0.1, 0.15) is 17.3 Å². The Bertz CT molecular complexity index is 1050. The summed E-state index contributed by atoms with van der Waals surface area (Å²) in [5, 5.41) is 7.76. The summed E-state index contributed by atoms with van der Waals surface area (Å²) in [6.45, 7) is 0.766. The summed E-state index contributed by atoms with van der Waals surface area (Å²) in [7, 11) is 1.57. The van der Waals surface area contributed by atoms with Crippen molar-refractivity contribution in [3.8, 4) is 22.7 Å². The van der Waals surface area contributed by atoms with Crippen LogP contribution < -0.4 is 10.1 Å². The van der Waals surface area contributed by atoms with Crippen LogP contribution in [0.3, 0.4) is 0 Å². The van der Waals surface area contributed by atoms with Gasteiger partial charge in [-0.15, -0.1) is 0 Å². The Labute approximate surface area is 171 Å². The van der Waals surface area contributed by atoms with E-state index in [0.717, 1.165) is 48.9 Å². The summed E-state index contributed by atoms with van der Waals surface area (Å²) in [6.07, 6.45) is -1.93. The molecule has 4 nitrogen and oxygen atoms in total. The van der Waals surface area contributed by atoms with E-state index in [9.17, 15) is 13.2 Å². The predicted molar refractivity (Wildman–Crippen MR) is 107 cm³/mol. The number of ether oxygens (including phenoxy) is 1. The highest BCUT2D eigenvalue weighted by Gasteiger charge is 2.34. The summed E-state index contributed by atoms with van der Waals surface area (Å²) >= 11 is 5.80. The number of anilines is 1. The molecular weight excluding hydrogens is 403 g/mol. The molecule has 152 valence electrons. The quantitative estimate of drug-likeness (QED) is 0.566. The first-order chi connectivity index (χ1) is 13.9. The van der Waals surface area contributed by atoms with Crippen LogP contribution in [-0.2, 0) is 12.6 Å². The molecule has 1 aromatic heterocycles. The number of aromatic nitrogens is 2. The zero-order valence-electron chi connectivity index (χ0n) is 15.7. The van der Waals surface area contributed by atoms with Crippen molar-refractivity contribution in [1.82, 2.24) is 9.78 Å². The van der Waals surface area contributed by atoms with E-state index in [1.807, 2.05) is 24.3 Å². The van der Waals surface area contributed by atoms with Gasteiger partial charge in [-0.1, -0.05) is 29.8 Å². The third-order valence-electron chi connectivity index (χ3n) is 4.99. The Balaban J connectivity index is 1.93. The van der Waals surface area contributed by atoms with Crippen LogP contribution in [0.1, 0.15) is 24.0 Å². The third-order valence-corrected chi connectivity index (χ3v) is 5.32. The van der Waals surface area contributed by atoms with Gasteiger partial charge in [-0.25, -0.2) is 4.68 Å². The Morgan fingerprint density at radius 2 is 1.93 bits per heavy atom. The normalized spacial score (nSPS) is 14.1. The lowest BCUT2D eigenvalue weighted by Crippen LogP contribution is -2.08. The average Bonchev–Trinajstić information content (AvgIpc) is 2.88. The smallest absolute Gasteiger partial charge is 0.417 e. The fraction of sp³-hybridized carbons (Fsp3) is 0.286. The molecule has 4 rings (SSSR count). The molecule has 2 aromatic carbocycles. The number of hydrogen-bond donors (Lipinski definition) is 1. The van der Waals surface area contributed by atoms with Crippen molar-refractivity contribution in [3.05, 3.63) is 58.6 Å². The van der Waals surface area contributed by atoms with Gasteiger partial charge in [0.05, 0.1) is 23.4 Å². The van der Waals surface area contributed by atoms with Crippen molar-refractivity contribution in [3.63, 3.8) is 0 Å². The summed E-state index contributed by atoms with van der Waals surface area (Å²) in [4.78, 5) is 0. The first-order valence-electron chi connectivity index (χ1n) is 9.26. The Kier molecular flexibility index (Phi) is 5.17. The largest absolute Gasteiger partial charge is 0.494 e. The molecule has 0 fully saturated rings. The van der Waals surface area contributed by atoms with Gasteiger partial charge >= 0.3 is 6.18 Å². The summed E-state index contributed by atoms with van der Waals surface area (Å²) in [6, 6.07) is 11.3. The molecule has 1 aliphatic heterocycles. The van der Waals surface area contributed by atoms with Crippen molar-refractivity contribution >= 4 is 17.4 Å². The molecule has 0 amide bonds. The number of rotatable bonds is 3. The molecule has 0 saturated heterocycles. The van der Waals surface area contributed by atoms with Gasteiger partial charge in [-0.2, -0.15) is 18.3 Å². The van der Waals surface area contributed by atoms with E-state index in [4.69, 9.17) is 21.4 Å². The topological polar surface area (TPSA) is 39.1 Å². The van der Waals surface area contributed by atoms with Crippen molar-refractivity contribution < 1.29 is 17.9 Å². The van der Waals surface area contributed by atoms with E-state index in [0.29, 0.717) is 17.0 Å². The lowest BCUT2D eigenvalue weighted by molar-refractivity contribution is -0.137. The number of nitrogens with zero attached hydrogens (tertiary/aromatic N) is 2. The zero-order valence-corrected chi connectivity index (χ0v) is 16.4. The van der Waals surface area contributed by atoms with E-state index < -0.39 is 11.7 Å². The number of alkyl halides is 3. The highest BCUT2D eigenvalue weighted by molar-refractivity contribution is 6.31. The van der Waals surface area contributed by atoms with Crippen LogP contribution in [0.2, 0.25) is 5.02 Å². The maximum Gasteiger partial charge on any atom is 0.417 e. The van der Waals surface area contributed by atoms with Crippen molar-refractivity contribution in [1.29, 1.82) is 0 Å². The van der Waals surface area contributed by atoms with Gasteiger partial charge < -0.3 is 10.1 Å². The molecule has 3 aromatic rings. The van der Waals surface area contributed by atoms with E-state index >= 15 is 0 Å². The van der Waals surface area contributed by atoms with E-state index in [1.165, 1.54) is 6.07 Å². The second kappa shape index (κ2) is 7.63. The van der Waals surface area contributed by atoms with Crippen LogP contribution >= 0.6 is 11.6 Å². The fourth-order valence-corrected chi connectivity index (χ4v) is 3.83. The molecule has 0 saturated carbocycles. The number of methoxy groups -OCH3 is 1. The number of nitrogens with one attached hydrogen (secondary N) is 1. The molecule has 0 unspecified atom stereocenters. The monoisotopic (exact) mass is 421 g/mol. The molecule has 29 heavy (non-hydrogen) atoms. The predicted octanol–water partition coefficient (Wildman–Crippen LogP) is 5.97. The lowest BCUT2D eigenvalue weighted by atomic mass is 10.0. The van der Waals surface area contributed by atoms with Crippen molar-refractivity contribution in [2.75, 3.05) is 19.0 Å². The molecule has 0 aliphatic carbocycles. The minimum atomic E-state index is -4.53. The number of benzene rings is 2. The minimum Gasteiger partial charge on any atom is -0.494 e. The van der Waals surface area contributed by atoms with Crippen LogP contribution in [0.4, 0.5) is 19.0 Å². The molecule has 8 heteroatoms. The standard InChI is InChI=1S/C21H19ClF3N3O/c1-29-18-8-3-2-7-17(18)28-20-14(6-4-5-11-26-20)19(27-28)13-9-10-16(22)15(12-13)21(23,24)25/h2-3,7-10,12,26H,4-6,11H2,1H3. The van der Waals surface area contributed by atoms with Gasteiger partial charge in [-0.3, -0.25) is 0 Å². The molecule has 0 atom stereocenters. The molecule has 1 N–H and O–H groups in total. The summed E-state index contributed by atoms with van der Waals surface area (Å²) in [5.41, 5.74) is 1.65. The average molecular weight is 422 g/mol. The molecule has 0 bridgehead atoms. The number of hydrogen-bond acceptors (Lipinski definition) is 3. The first-order valence-corrected chi connectivity index (χ1v) is 9.64. The number of fused-ring (bicyclic) bond motifs is 1. The molecule has 0 spiro atoms. The Hall–Kier alpha value is -2.67. The number of para-hydroxylation sites is 2. The molecular formula is C21H19ClF3N3O. The Morgan fingerprint density at radius 1 is 1.14 bits per heavy atom. The maximum atomic E-state index is 13.4. The van der Waals surface area contributed by atoms with Crippen LogP contribution in [0, 0.1) is 0 Å². The maximum absolute atomic E-state index is 13.4. The fourth-order valence-electron chi connectivity index (χ4n) is 3.60. The number of halogens is 4. The third kappa shape index (κ3) is 3.67. The summed E-state index contributed by atoms with van der Waals surface area (Å²) in [5.74, 6) is 1.41. The molecule has 2 heterocycles. The van der Waals surface area contributed by atoms with E-state index in [1.54, 1.807) is 17.9 Å².